The van der Waals surface area contributed by atoms with E-state index in [1.54, 1.807) is 0 Å². The number of aldehydes is 1. The Morgan fingerprint density at radius 2 is 2.40 bits per heavy atom. The van der Waals surface area contributed by atoms with Gasteiger partial charge in [0.05, 0.1) is 2.74 Å². The largest absolute Gasteiger partial charge is 0.299 e. The smallest absolute Gasteiger partial charge is 0.142 e. The monoisotopic (exact) mass is 146 g/mol. The highest BCUT2D eigenvalue weighted by Crippen LogP contribution is 2.02. The lowest BCUT2D eigenvalue weighted by Gasteiger charge is -1.92. The lowest BCUT2D eigenvalue weighted by atomic mass is 10.1. The first kappa shape index (κ1) is 3.21. The first-order valence-corrected chi connectivity index (χ1v) is 3.34. The van der Waals surface area contributed by atoms with Crippen LogP contribution in [0.25, 0.3) is 0 Å². The van der Waals surface area contributed by atoms with E-state index in [-0.39, 0.29) is 12.7 Å². The Morgan fingerprint density at radius 1 is 1.60 bits per heavy atom. The molecule has 0 saturated heterocycles. The molecule has 0 aromatic rings. The number of unbranched alkanes of at least 4 members (excludes halogenated alkanes) is 1. The van der Waals surface area contributed by atoms with E-state index in [1.165, 1.54) is 0 Å². The van der Waals surface area contributed by atoms with E-state index in [0.29, 0.717) is 12.8 Å². The fourth-order valence-electron chi connectivity index (χ4n) is 0.437. The maximum atomic E-state index is 10.3. The minimum absolute atomic E-state index is 0.0367. The van der Waals surface area contributed by atoms with E-state index in [4.69, 9.17) is 8.22 Å². The summed E-state index contributed by atoms with van der Waals surface area (Å²) in [5.41, 5.74) is 0. The van der Waals surface area contributed by atoms with Crippen LogP contribution in [0.1, 0.15) is 47.2 Å². The summed E-state index contributed by atoms with van der Waals surface area (Å²) >= 11 is 0. The first-order chi connectivity index (χ1) is 7.20. The standard InChI is InChI=1S/C9H16O/c1-2-3-4-5-6-7-8-9-10/h7-9H,2-6H2,1H3/i5D2,6D2,7D,8D. The topological polar surface area (TPSA) is 17.1 Å². The van der Waals surface area contributed by atoms with Crippen LogP contribution in [-0.4, -0.2) is 6.29 Å². The molecule has 0 aromatic heterocycles. The molecule has 1 heteroatoms. The lowest BCUT2D eigenvalue weighted by molar-refractivity contribution is -0.104. The number of allylic oxidation sites excluding steroid dienone is 2. The average molecular weight is 146 g/mol. The van der Waals surface area contributed by atoms with Gasteiger partial charge in [0.1, 0.15) is 6.29 Å². The number of hydrogen-bond donors (Lipinski definition) is 0. The Balaban J connectivity index is 5.10. The highest BCUT2D eigenvalue weighted by atomic mass is 16.1. The van der Waals surface area contributed by atoms with Gasteiger partial charge in [-0.25, -0.2) is 0 Å². The average Bonchev–Trinajstić information content (AvgIpc) is 2.23. The van der Waals surface area contributed by atoms with Crippen LogP contribution in [0, 0.1) is 0 Å². The van der Waals surface area contributed by atoms with Crippen LogP contribution in [0.2, 0.25) is 0 Å². The molecule has 0 aromatic carbocycles. The minimum atomic E-state index is -2.61. The van der Waals surface area contributed by atoms with Crippen molar-refractivity contribution in [2.75, 3.05) is 0 Å². The summed E-state index contributed by atoms with van der Waals surface area (Å²) < 4.78 is 44.5. The molecule has 1 nitrogen and oxygen atoms in total. The van der Waals surface area contributed by atoms with Gasteiger partial charge in [0.25, 0.3) is 0 Å². The van der Waals surface area contributed by atoms with Crippen molar-refractivity contribution in [3.8, 4) is 0 Å². The van der Waals surface area contributed by atoms with Crippen LogP contribution < -0.4 is 0 Å². The number of rotatable bonds is 6. The molecule has 58 valence electrons. The molecule has 0 amide bonds. The highest BCUT2D eigenvalue weighted by molar-refractivity contribution is 5.64. The number of hydrogen-bond acceptors (Lipinski definition) is 1. The third-order valence-corrected chi connectivity index (χ3v) is 0.937. The van der Waals surface area contributed by atoms with Crippen molar-refractivity contribution in [2.24, 2.45) is 0 Å². The fraction of sp³-hybridized carbons (Fsp3) is 0.667. The quantitative estimate of drug-likeness (QED) is 0.416. The van der Waals surface area contributed by atoms with E-state index < -0.39 is 24.8 Å². The van der Waals surface area contributed by atoms with Crippen molar-refractivity contribution in [3.05, 3.63) is 12.1 Å². The molecular formula is C9H16O. The second kappa shape index (κ2) is 8.41. The van der Waals surface area contributed by atoms with Crippen molar-refractivity contribution >= 4 is 6.29 Å². The normalized spacial score (nSPS) is 24.1. The predicted molar refractivity (Wildman–Crippen MR) is 44.0 cm³/mol. The Kier molecular flexibility index (Phi) is 2.70. The summed E-state index contributed by atoms with van der Waals surface area (Å²) in [4.78, 5) is 10.3. The molecule has 0 atom stereocenters. The third kappa shape index (κ3) is 7.41. The van der Waals surface area contributed by atoms with E-state index in [1.807, 2.05) is 6.92 Å². The SMILES string of the molecule is [2H]C(C=O)=C([2H])C([2H])([2H])C([2H])([2H])CCCC. The van der Waals surface area contributed by atoms with Crippen molar-refractivity contribution in [2.45, 2.75) is 38.9 Å². The molecule has 0 aliphatic rings. The molecular weight excluding hydrogens is 124 g/mol. The first-order valence-electron chi connectivity index (χ1n) is 6.34. The Bertz CT molecular complexity index is 284. The summed E-state index contributed by atoms with van der Waals surface area (Å²) in [5.74, 6) is 0. The molecule has 0 radical (unpaired) electrons. The van der Waals surface area contributed by atoms with Gasteiger partial charge in [-0.3, -0.25) is 4.79 Å². The van der Waals surface area contributed by atoms with Crippen LogP contribution in [0.4, 0.5) is 0 Å². The summed E-state index contributed by atoms with van der Waals surface area (Å²) in [5, 5.41) is 0. The van der Waals surface area contributed by atoms with Crippen molar-refractivity contribution in [1.82, 2.24) is 0 Å². The van der Waals surface area contributed by atoms with E-state index >= 15 is 0 Å². The molecule has 0 N–H and O–H groups in total. The van der Waals surface area contributed by atoms with Crippen molar-refractivity contribution in [3.63, 3.8) is 0 Å². The third-order valence-electron chi connectivity index (χ3n) is 0.937. The van der Waals surface area contributed by atoms with Gasteiger partial charge >= 0.3 is 0 Å². The van der Waals surface area contributed by atoms with E-state index in [0.717, 1.165) is 0 Å². The summed E-state index contributed by atoms with van der Waals surface area (Å²) in [6, 6.07) is -1.71. The van der Waals surface area contributed by atoms with Crippen LogP contribution in [0.15, 0.2) is 12.1 Å². The number of carbonyl (C=O) groups is 1. The number of carbonyl (C=O) groups excluding carboxylic acids is 1. The zero-order valence-electron chi connectivity index (χ0n) is 12.1. The van der Waals surface area contributed by atoms with Gasteiger partial charge in [0, 0.05) is 5.48 Å². The molecule has 0 unspecified atom stereocenters. The van der Waals surface area contributed by atoms with E-state index in [9.17, 15) is 4.79 Å². The summed E-state index contributed by atoms with van der Waals surface area (Å²) in [6.07, 6.45) is -3.63. The van der Waals surface area contributed by atoms with Crippen molar-refractivity contribution in [1.29, 1.82) is 0 Å². The zero-order valence-corrected chi connectivity index (χ0v) is 6.11. The molecule has 0 bridgehead atoms. The molecule has 0 aliphatic carbocycles. The minimum Gasteiger partial charge on any atom is -0.299 e. The highest BCUT2D eigenvalue weighted by Gasteiger charge is 1.82. The molecule has 0 saturated carbocycles. The maximum absolute atomic E-state index is 10.3. The molecule has 0 fully saturated rings. The summed E-state index contributed by atoms with van der Waals surface area (Å²) in [7, 11) is 0. The Morgan fingerprint density at radius 3 is 3.00 bits per heavy atom. The Hall–Kier alpha value is -0.590. The van der Waals surface area contributed by atoms with Gasteiger partial charge in [0.2, 0.25) is 0 Å². The van der Waals surface area contributed by atoms with Crippen LogP contribution >= 0.6 is 0 Å². The van der Waals surface area contributed by atoms with Crippen LogP contribution in [-0.2, 0) is 4.79 Å². The fourth-order valence-corrected chi connectivity index (χ4v) is 0.437. The second-order valence-electron chi connectivity index (χ2n) is 1.79. The van der Waals surface area contributed by atoms with Gasteiger partial charge in [-0.15, -0.1) is 0 Å². The van der Waals surface area contributed by atoms with Gasteiger partial charge in [-0.1, -0.05) is 32.2 Å². The molecule has 0 heterocycles. The lowest BCUT2D eigenvalue weighted by Crippen LogP contribution is -1.73. The molecule has 10 heavy (non-hydrogen) atoms. The second-order valence-corrected chi connectivity index (χ2v) is 1.79. The van der Waals surface area contributed by atoms with Gasteiger partial charge in [-0.2, -0.15) is 0 Å². The van der Waals surface area contributed by atoms with Crippen molar-refractivity contribution < 1.29 is 13.0 Å². The van der Waals surface area contributed by atoms with E-state index in [2.05, 4.69) is 0 Å². The molecule has 0 rings (SSSR count). The Labute approximate surface area is 71.6 Å². The zero-order chi connectivity index (χ0) is 13.0. The maximum Gasteiger partial charge on any atom is 0.142 e. The van der Waals surface area contributed by atoms with Gasteiger partial charge in [-0.05, 0) is 18.8 Å². The summed E-state index contributed by atoms with van der Waals surface area (Å²) in [6.45, 7) is 1.85. The van der Waals surface area contributed by atoms with Crippen LogP contribution in [0.3, 0.4) is 0 Å². The van der Waals surface area contributed by atoms with Gasteiger partial charge in [0.15, 0.2) is 0 Å². The predicted octanol–water partition coefficient (Wildman–Crippen LogP) is 2.71. The molecule has 0 spiro atoms. The van der Waals surface area contributed by atoms with Crippen LogP contribution in [0.5, 0.6) is 0 Å². The van der Waals surface area contributed by atoms with Gasteiger partial charge < -0.3 is 0 Å². The molecule has 0 aliphatic heterocycles.